The van der Waals surface area contributed by atoms with Crippen LogP contribution in [0.1, 0.15) is 27.9 Å². The number of nitrogens with zero attached hydrogens (tertiary/aromatic N) is 1. The van der Waals surface area contributed by atoms with Crippen molar-refractivity contribution in [2.75, 3.05) is 13.1 Å². The highest BCUT2D eigenvalue weighted by atomic mass is 19.1. The Morgan fingerprint density at radius 3 is 2.37 bits per heavy atom. The number of amides is 1. The zero-order valence-corrected chi connectivity index (χ0v) is 16.6. The number of nitrogens with two attached hydrogens (primary N) is 1. The van der Waals surface area contributed by atoms with Gasteiger partial charge in [-0.3, -0.25) is 4.79 Å². The van der Waals surface area contributed by atoms with E-state index in [2.05, 4.69) is 0 Å². The van der Waals surface area contributed by atoms with Gasteiger partial charge >= 0.3 is 0 Å². The van der Waals surface area contributed by atoms with Gasteiger partial charge in [0.2, 0.25) is 0 Å². The summed E-state index contributed by atoms with van der Waals surface area (Å²) in [5, 5.41) is 0. The summed E-state index contributed by atoms with van der Waals surface area (Å²) in [6.07, 6.45) is 0.630. The van der Waals surface area contributed by atoms with Gasteiger partial charge in [-0.05, 0) is 48.9 Å². The number of ether oxygens (including phenoxy) is 1. The third kappa shape index (κ3) is 5.64. The van der Waals surface area contributed by atoms with Crippen LogP contribution in [0, 0.1) is 11.6 Å². The average Bonchev–Trinajstić information content (AvgIpc) is 2.77. The summed E-state index contributed by atoms with van der Waals surface area (Å²) < 4.78 is 32.9. The maximum atomic E-state index is 13.9. The predicted octanol–water partition coefficient (Wildman–Crippen LogP) is 4.54. The third-order valence-electron chi connectivity index (χ3n) is 4.66. The third-order valence-corrected chi connectivity index (χ3v) is 4.66. The second-order valence-electron chi connectivity index (χ2n) is 6.87. The summed E-state index contributed by atoms with van der Waals surface area (Å²) in [4.78, 5) is 14.9. The predicted molar refractivity (Wildman–Crippen MR) is 112 cm³/mol. The molecular formula is C24H24F2N2O2. The molecule has 0 aromatic heterocycles. The van der Waals surface area contributed by atoms with E-state index in [4.69, 9.17) is 10.5 Å². The number of carbonyl (C=O) groups excluding carboxylic acids is 1. The first-order valence-electron chi connectivity index (χ1n) is 9.77. The number of hydrogen-bond acceptors (Lipinski definition) is 3. The van der Waals surface area contributed by atoms with Crippen molar-refractivity contribution < 1.29 is 18.3 Å². The van der Waals surface area contributed by atoms with E-state index in [1.807, 2.05) is 0 Å². The number of hydrogen-bond donors (Lipinski definition) is 1. The zero-order valence-electron chi connectivity index (χ0n) is 16.6. The van der Waals surface area contributed by atoms with Crippen molar-refractivity contribution in [2.45, 2.75) is 19.6 Å². The van der Waals surface area contributed by atoms with Gasteiger partial charge in [-0.25, -0.2) is 8.78 Å². The van der Waals surface area contributed by atoms with Gasteiger partial charge in [-0.1, -0.05) is 42.5 Å². The lowest BCUT2D eigenvalue weighted by Crippen LogP contribution is -2.32. The molecule has 3 aromatic carbocycles. The Morgan fingerprint density at radius 2 is 1.63 bits per heavy atom. The lowest BCUT2D eigenvalue weighted by Gasteiger charge is -2.24. The molecule has 0 heterocycles. The number of halogens is 2. The van der Waals surface area contributed by atoms with Crippen LogP contribution in [0.3, 0.4) is 0 Å². The first-order valence-corrected chi connectivity index (χ1v) is 9.77. The first kappa shape index (κ1) is 21.5. The molecule has 0 radical (unpaired) electrons. The van der Waals surface area contributed by atoms with Crippen LogP contribution >= 0.6 is 0 Å². The van der Waals surface area contributed by atoms with Crippen LogP contribution in [0.25, 0.3) is 0 Å². The Kier molecular flexibility index (Phi) is 7.51. The highest BCUT2D eigenvalue weighted by Crippen LogP contribution is 2.23. The topological polar surface area (TPSA) is 55.6 Å². The largest absolute Gasteiger partial charge is 0.488 e. The smallest absolute Gasteiger partial charge is 0.257 e. The molecule has 0 atom stereocenters. The van der Waals surface area contributed by atoms with Crippen LogP contribution in [-0.2, 0) is 13.2 Å². The molecular weight excluding hydrogens is 386 g/mol. The molecule has 3 rings (SSSR count). The summed E-state index contributed by atoms with van der Waals surface area (Å²) in [7, 11) is 0. The molecule has 0 spiro atoms. The maximum Gasteiger partial charge on any atom is 0.257 e. The molecule has 0 fully saturated rings. The van der Waals surface area contributed by atoms with Crippen molar-refractivity contribution in [3.8, 4) is 5.75 Å². The molecule has 0 unspecified atom stereocenters. The summed E-state index contributed by atoms with van der Waals surface area (Å²) in [6.45, 7) is 1.23. The van der Waals surface area contributed by atoms with Gasteiger partial charge in [-0.2, -0.15) is 0 Å². The van der Waals surface area contributed by atoms with Gasteiger partial charge in [0.25, 0.3) is 5.91 Å². The van der Waals surface area contributed by atoms with E-state index in [-0.39, 0.29) is 24.1 Å². The molecule has 0 saturated heterocycles. The molecule has 0 aliphatic carbocycles. The minimum Gasteiger partial charge on any atom is -0.488 e. The number of benzene rings is 3. The molecule has 1 amide bonds. The molecule has 0 aliphatic rings. The van der Waals surface area contributed by atoms with E-state index in [1.165, 1.54) is 18.2 Å². The summed E-state index contributed by atoms with van der Waals surface area (Å²) in [5.74, 6) is -0.535. The molecule has 6 heteroatoms. The van der Waals surface area contributed by atoms with Gasteiger partial charge in [0, 0.05) is 18.7 Å². The Hall–Kier alpha value is -3.25. The molecule has 30 heavy (non-hydrogen) atoms. The Morgan fingerprint density at radius 1 is 0.933 bits per heavy atom. The number of para-hydroxylation sites is 1. The van der Waals surface area contributed by atoms with E-state index in [9.17, 15) is 13.6 Å². The van der Waals surface area contributed by atoms with Crippen LogP contribution in [-0.4, -0.2) is 23.9 Å². The fourth-order valence-corrected chi connectivity index (χ4v) is 3.06. The van der Waals surface area contributed by atoms with Gasteiger partial charge in [0.15, 0.2) is 0 Å². The van der Waals surface area contributed by atoms with E-state index in [1.54, 1.807) is 59.5 Å². The van der Waals surface area contributed by atoms with Gasteiger partial charge < -0.3 is 15.4 Å². The van der Waals surface area contributed by atoms with Crippen LogP contribution in [0.5, 0.6) is 5.75 Å². The van der Waals surface area contributed by atoms with Gasteiger partial charge in [0.1, 0.15) is 24.0 Å². The summed E-state index contributed by atoms with van der Waals surface area (Å²) >= 11 is 0. The lowest BCUT2D eigenvalue weighted by atomic mass is 10.1. The zero-order chi connectivity index (χ0) is 21.3. The van der Waals surface area contributed by atoms with Crippen LogP contribution in [0.2, 0.25) is 0 Å². The molecule has 3 aromatic rings. The fourth-order valence-electron chi connectivity index (χ4n) is 3.06. The van der Waals surface area contributed by atoms with Crippen LogP contribution < -0.4 is 10.5 Å². The first-order chi connectivity index (χ1) is 14.6. The SMILES string of the molecule is NCCCN(Cc1ccc(F)cc1)C(=O)c1ccccc1OCc1ccccc1F. The quantitative estimate of drug-likeness (QED) is 0.564. The monoisotopic (exact) mass is 410 g/mol. The van der Waals surface area contributed by atoms with E-state index in [0.717, 1.165) is 5.56 Å². The molecule has 0 bridgehead atoms. The second-order valence-corrected chi connectivity index (χ2v) is 6.87. The van der Waals surface area contributed by atoms with Gasteiger partial charge in [0.05, 0.1) is 5.56 Å². The van der Waals surface area contributed by atoms with Crippen molar-refractivity contribution in [3.05, 3.63) is 101 Å². The summed E-state index contributed by atoms with van der Waals surface area (Å²) in [5.41, 5.74) is 7.24. The van der Waals surface area contributed by atoms with Crippen LogP contribution in [0.15, 0.2) is 72.8 Å². The molecule has 0 saturated carbocycles. The Bertz CT molecular complexity index is 977. The fraction of sp³-hybridized carbons (Fsp3) is 0.208. The van der Waals surface area contributed by atoms with E-state index in [0.29, 0.717) is 42.9 Å². The van der Waals surface area contributed by atoms with Crippen molar-refractivity contribution in [3.63, 3.8) is 0 Å². The average molecular weight is 410 g/mol. The Labute approximate surface area is 174 Å². The summed E-state index contributed by atoms with van der Waals surface area (Å²) in [6, 6.07) is 19.3. The van der Waals surface area contributed by atoms with E-state index < -0.39 is 0 Å². The highest BCUT2D eigenvalue weighted by molar-refractivity contribution is 5.96. The second kappa shape index (κ2) is 10.5. The lowest BCUT2D eigenvalue weighted by molar-refractivity contribution is 0.0737. The molecule has 0 aliphatic heterocycles. The minimum atomic E-state index is -0.359. The van der Waals surface area contributed by atoms with Crippen LogP contribution in [0.4, 0.5) is 8.78 Å². The van der Waals surface area contributed by atoms with Crippen molar-refractivity contribution in [2.24, 2.45) is 5.73 Å². The van der Waals surface area contributed by atoms with E-state index >= 15 is 0 Å². The number of carbonyl (C=O) groups is 1. The Balaban J connectivity index is 1.79. The normalized spacial score (nSPS) is 10.6. The van der Waals surface area contributed by atoms with Gasteiger partial charge in [-0.15, -0.1) is 0 Å². The highest BCUT2D eigenvalue weighted by Gasteiger charge is 2.20. The maximum absolute atomic E-state index is 13.9. The minimum absolute atomic E-state index is 0.0116. The van der Waals surface area contributed by atoms with Crippen molar-refractivity contribution in [1.82, 2.24) is 4.90 Å². The van der Waals surface area contributed by atoms with Crippen molar-refractivity contribution >= 4 is 5.91 Å². The molecule has 4 nitrogen and oxygen atoms in total. The van der Waals surface area contributed by atoms with Crippen molar-refractivity contribution in [1.29, 1.82) is 0 Å². The molecule has 2 N–H and O–H groups in total. The standard InChI is InChI=1S/C24H24F2N2O2/c25-20-12-10-18(11-13-20)16-28(15-5-14-27)24(29)21-7-2-4-9-23(21)30-17-19-6-1-3-8-22(19)26/h1-4,6-13H,5,14-17,27H2. The molecule has 156 valence electrons. The number of rotatable bonds is 9.